The topological polar surface area (TPSA) is 60.8 Å². The van der Waals surface area contributed by atoms with Crippen LogP contribution >= 0.6 is 0 Å². The van der Waals surface area contributed by atoms with E-state index >= 15 is 0 Å². The minimum atomic E-state index is -0.398. The summed E-state index contributed by atoms with van der Waals surface area (Å²) in [5.41, 5.74) is 1.28. The summed E-state index contributed by atoms with van der Waals surface area (Å²) in [6, 6.07) is 5.13. The fraction of sp³-hybridized carbons (Fsp3) is 0.533. The van der Waals surface area contributed by atoms with Gasteiger partial charge in [-0.05, 0) is 50.8 Å². The number of benzene rings is 1. The van der Waals surface area contributed by atoms with Crippen molar-refractivity contribution in [3.05, 3.63) is 29.3 Å². The Hall–Kier alpha value is -1.55. The normalized spacial score (nSPS) is 20.6. The molecule has 1 aromatic rings. The molecule has 0 aromatic heterocycles. The van der Waals surface area contributed by atoms with Gasteiger partial charge in [-0.15, -0.1) is 0 Å². The van der Waals surface area contributed by atoms with Gasteiger partial charge in [0.05, 0.1) is 6.10 Å². The number of likely N-dealkylation sites (tertiary alicyclic amines) is 1. The van der Waals surface area contributed by atoms with Crippen molar-refractivity contribution in [1.82, 2.24) is 4.90 Å². The first kappa shape index (κ1) is 13.9. The van der Waals surface area contributed by atoms with E-state index < -0.39 is 6.10 Å². The summed E-state index contributed by atoms with van der Waals surface area (Å²) < 4.78 is 0. The van der Waals surface area contributed by atoms with Crippen molar-refractivity contribution in [3.8, 4) is 5.75 Å². The maximum absolute atomic E-state index is 12.4. The molecule has 4 heteroatoms. The molecule has 2 atom stereocenters. The molecule has 1 aliphatic heterocycles. The molecule has 1 heterocycles. The molecule has 19 heavy (non-hydrogen) atoms. The quantitative estimate of drug-likeness (QED) is 0.877. The van der Waals surface area contributed by atoms with Crippen LogP contribution in [0.25, 0.3) is 0 Å². The van der Waals surface area contributed by atoms with Gasteiger partial charge >= 0.3 is 0 Å². The number of nitrogens with zero attached hydrogens (tertiary/aromatic N) is 1. The van der Waals surface area contributed by atoms with Crippen LogP contribution < -0.4 is 0 Å². The highest BCUT2D eigenvalue weighted by Crippen LogP contribution is 2.25. The predicted octanol–water partition coefficient (Wildman–Crippen LogP) is 2.08. The number of rotatable bonds is 3. The average Bonchev–Trinajstić information content (AvgIpc) is 2.79. The first-order chi connectivity index (χ1) is 8.99. The van der Waals surface area contributed by atoms with Gasteiger partial charge in [-0.3, -0.25) is 4.79 Å². The zero-order valence-electron chi connectivity index (χ0n) is 11.5. The van der Waals surface area contributed by atoms with Crippen LogP contribution in [-0.2, 0) is 0 Å². The number of hydrogen-bond acceptors (Lipinski definition) is 3. The maximum atomic E-state index is 12.4. The smallest absolute Gasteiger partial charge is 0.254 e. The molecule has 1 saturated heterocycles. The molecule has 1 fully saturated rings. The summed E-state index contributed by atoms with van der Waals surface area (Å²) in [5.74, 6) is 0.0931. The summed E-state index contributed by atoms with van der Waals surface area (Å²) >= 11 is 0. The third-order valence-corrected chi connectivity index (χ3v) is 3.71. The standard InChI is InChI=1S/C15H21NO3/c1-10-5-6-12(9-14(10)18)15(19)16-7-3-4-13(16)8-11(2)17/h5-6,9,11,13,17-18H,3-4,7-8H2,1-2H3/t11-,13-/m1/s1. The van der Waals surface area contributed by atoms with Gasteiger partial charge in [-0.25, -0.2) is 0 Å². The predicted molar refractivity (Wildman–Crippen MR) is 73.2 cm³/mol. The first-order valence-electron chi connectivity index (χ1n) is 6.77. The zero-order valence-corrected chi connectivity index (χ0v) is 11.5. The molecule has 2 rings (SSSR count). The third kappa shape index (κ3) is 3.07. The maximum Gasteiger partial charge on any atom is 0.254 e. The van der Waals surface area contributed by atoms with Crippen molar-refractivity contribution >= 4 is 5.91 Å². The van der Waals surface area contributed by atoms with Crippen molar-refractivity contribution in [1.29, 1.82) is 0 Å². The van der Waals surface area contributed by atoms with Crippen LogP contribution in [0.2, 0.25) is 0 Å². The number of amides is 1. The highest BCUT2D eigenvalue weighted by molar-refractivity contribution is 5.95. The van der Waals surface area contributed by atoms with E-state index in [-0.39, 0.29) is 17.7 Å². The van der Waals surface area contributed by atoms with E-state index in [1.54, 1.807) is 26.0 Å². The second-order valence-corrected chi connectivity index (χ2v) is 5.38. The summed E-state index contributed by atoms with van der Waals surface area (Å²) in [7, 11) is 0. The average molecular weight is 263 g/mol. The number of aromatic hydroxyl groups is 1. The molecule has 0 radical (unpaired) electrons. The molecule has 0 bridgehead atoms. The van der Waals surface area contributed by atoms with Gasteiger partial charge in [0, 0.05) is 18.2 Å². The molecule has 0 saturated carbocycles. The number of phenolic OH excluding ortho intramolecular Hbond substituents is 1. The molecule has 4 nitrogen and oxygen atoms in total. The number of hydrogen-bond donors (Lipinski definition) is 2. The third-order valence-electron chi connectivity index (χ3n) is 3.71. The van der Waals surface area contributed by atoms with Crippen molar-refractivity contribution in [3.63, 3.8) is 0 Å². The number of phenols is 1. The molecular weight excluding hydrogens is 242 g/mol. The Morgan fingerprint density at radius 1 is 1.53 bits per heavy atom. The van der Waals surface area contributed by atoms with Crippen molar-refractivity contribution < 1.29 is 15.0 Å². The molecular formula is C15H21NO3. The van der Waals surface area contributed by atoms with Gasteiger partial charge in [-0.1, -0.05) is 6.07 Å². The van der Waals surface area contributed by atoms with Gasteiger partial charge in [0.15, 0.2) is 0 Å². The Balaban J connectivity index is 2.16. The number of carbonyl (C=O) groups excluding carboxylic acids is 1. The van der Waals surface area contributed by atoms with Crippen molar-refractivity contribution in [2.24, 2.45) is 0 Å². The Morgan fingerprint density at radius 3 is 2.89 bits per heavy atom. The lowest BCUT2D eigenvalue weighted by atomic mass is 10.1. The largest absolute Gasteiger partial charge is 0.508 e. The van der Waals surface area contributed by atoms with Crippen LogP contribution in [0.4, 0.5) is 0 Å². The lowest BCUT2D eigenvalue weighted by Crippen LogP contribution is -2.37. The SMILES string of the molecule is Cc1ccc(C(=O)N2CCC[C@@H]2C[C@@H](C)O)cc1O. The van der Waals surface area contributed by atoms with E-state index in [0.717, 1.165) is 24.9 Å². The second-order valence-electron chi connectivity index (χ2n) is 5.38. The summed E-state index contributed by atoms with van der Waals surface area (Å²) in [4.78, 5) is 14.3. The van der Waals surface area contributed by atoms with Crippen LogP contribution in [-0.4, -0.2) is 39.7 Å². The van der Waals surface area contributed by atoms with Crippen LogP contribution in [0, 0.1) is 6.92 Å². The van der Waals surface area contributed by atoms with E-state index in [9.17, 15) is 15.0 Å². The Labute approximate surface area is 113 Å². The molecule has 104 valence electrons. The van der Waals surface area contributed by atoms with E-state index in [1.807, 2.05) is 4.90 Å². The number of aliphatic hydroxyl groups is 1. The first-order valence-corrected chi connectivity index (χ1v) is 6.77. The minimum Gasteiger partial charge on any atom is -0.508 e. The lowest BCUT2D eigenvalue weighted by Gasteiger charge is -2.26. The monoisotopic (exact) mass is 263 g/mol. The Bertz CT molecular complexity index is 470. The highest BCUT2D eigenvalue weighted by Gasteiger charge is 2.30. The van der Waals surface area contributed by atoms with E-state index in [2.05, 4.69) is 0 Å². The molecule has 1 amide bonds. The van der Waals surface area contributed by atoms with Crippen LogP contribution in [0.3, 0.4) is 0 Å². The molecule has 1 aromatic carbocycles. The van der Waals surface area contributed by atoms with Crippen LogP contribution in [0.1, 0.15) is 42.1 Å². The van der Waals surface area contributed by atoms with E-state index in [1.165, 1.54) is 6.07 Å². The molecule has 0 unspecified atom stereocenters. The van der Waals surface area contributed by atoms with E-state index in [0.29, 0.717) is 12.0 Å². The van der Waals surface area contributed by atoms with Crippen molar-refractivity contribution in [2.45, 2.75) is 45.3 Å². The molecule has 1 aliphatic rings. The fourth-order valence-corrected chi connectivity index (χ4v) is 2.65. The number of carbonyl (C=O) groups is 1. The Kier molecular flexibility index (Phi) is 4.10. The van der Waals surface area contributed by atoms with Gasteiger partial charge in [0.1, 0.15) is 5.75 Å². The molecule has 0 aliphatic carbocycles. The minimum absolute atomic E-state index is 0.0570. The van der Waals surface area contributed by atoms with Gasteiger partial charge < -0.3 is 15.1 Å². The fourth-order valence-electron chi connectivity index (χ4n) is 2.65. The van der Waals surface area contributed by atoms with Crippen molar-refractivity contribution in [2.75, 3.05) is 6.54 Å². The summed E-state index contributed by atoms with van der Waals surface area (Å²) in [5, 5.41) is 19.2. The zero-order chi connectivity index (χ0) is 14.0. The van der Waals surface area contributed by atoms with Gasteiger partial charge in [0.25, 0.3) is 5.91 Å². The second kappa shape index (κ2) is 5.61. The molecule has 2 N–H and O–H groups in total. The number of aliphatic hydroxyl groups excluding tert-OH is 1. The highest BCUT2D eigenvalue weighted by atomic mass is 16.3. The molecule has 0 spiro atoms. The van der Waals surface area contributed by atoms with Crippen LogP contribution in [0.5, 0.6) is 5.75 Å². The number of aryl methyl sites for hydroxylation is 1. The van der Waals surface area contributed by atoms with Gasteiger partial charge in [-0.2, -0.15) is 0 Å². The Morgan fingerprint density at radius 2 is 2.26 bits per heavy atom. The summed E-state index contributed by atoms with van der Waals surface area (Å²) in [6.45, 7) is 4.28. The lowest BCUT2D eigenvalue weighted by molar-refractivity contribution is 0.0681. The van der Waals surface area contributed by atoms with E-state index in [4.69, 9.17) is 0 Å². The van der Waals surface area contributed by atoms with Gasteiger partial charge in [0.2, 0.25) is 0 Å². The summed E-state index contributed by atoms with van der Waals surface area (Å²) in [6.07, 6.45) is 2.13. The van der Waals surface area contributed by atoms with Crippen LogP contribution in [0.15, 0.2) is 18.2 Å².